The molecule has 0 atom stereocenters. The zero-order valence-electron chi connectivity index (χ0n) is 19.3. The Balaban J connectivity index is 0.000000180. The van der Waals surface area contributed by atoms with E-state index in [4.69, 9.17) is 0 Å². The van der Waals surface area contributed by atoms with Gasteiger partial charge in [-0.3, -0.25) is 4.98 Å². The minimum atomic E-state index is -1.23. The molecule has 0 unspecified atom stereocenters. The van der Waals surface area contributed by atoms with Gasteiger partial charge in [0.25, 0.3) is 0 Å². The van der Waals surface area contributed by atoms with Crippen LogP contribution in [0.1, 0.15) is 0 Å². The summed E-state index contributed by atoms with van der Waals surface area (Å²) in [5.41, 5.74) is 5.26. The van der Waals surface area contributed by atoms with Crippen molar-refractivity contribution in [3.05, 3.63) is 103 Å². The summed E-state index contributed by atoms with van der Waals surface area (Å²) in [6.07, 6.45) is 2.02. The molecule has 3 nitrogen and oxygen atoms in total. The molecule has 5 rings (SSSR count). The van der Waals surface area contributed by atoms with E-state index >= 15 is 0 Å². The van der Waals surface area contributed by atoms with E-state index in [-0.39, 0.29) is 20.1 Å². The first-order valence-electron chi connectivity index (χ1n) is 10.8. The minimum absolute atomic E-state index is 0. The van der Waals surface area contributed by atoms with E-state index in [1.54, 1.807) is 0 Å². The Morgan fingerprint density at radius 3 is 1.94 bits per heavy atom. The van der Waals surface area contributed by atoms with Gasteiger partial charge in [0.15, 0.2) is 0 Å². The predicted molar refractivity (Wildman–Crippen MR) is 136 cm³/mol. The molecular formula is C28H27IrN3Si-2. The predicted octanol–water partition coefficient (Wildman–Crippen LogP) is 6.13. The van der Waals surface area contributed by atoms with Gasteiger partial charge < -0.3 is 9.55 Å². The SMILES string of the molecule is C[Si](C)(C)c1ccc(-c2[c-]cccc2)nc1.Cn1c(-c2[c-]cccc2)nc2ccccc21.[Ir]. The zero-order chi connectivity index (χ0) is 22.6. The fourth-order valence-corrected chi connectivity index (χ4v) is 4.50. The van der Waals surface area contributed by atoms with Crippen LogP contribution in [0, 0.1) is 12.1 Å². The number of rotatable bonds is 3. The van der Waals surface area contributed by atoms with Crippen molar-refractivity contribution in [3.63, 3.8) is 0 Å². The first-order valence-corrected chi connectivity index (χ1v) is 14.3. The van der Waals surface area contributed by atoms with Crippen molar-refractivity contribution < 1.29 is 20.1 Å². The monoisotopic (exact) mass is 626 g/mol. The van der Waals surface area contributed by atoms with Crippen LogP contribution in [0.5, 0.6) is 0 Å². The number of benzene rings is 3. The van der Waals surface area contributed by atoms with E-state index < -0.39 is 8.07 Å². The number of fused-ring (bicyclic) bond motifs is 1. The largest absolute Gasteiger partial charge is 0.367 e. The van der Waals surface area contributed by atoms with Gasteiger partial charge in [-0.15, -0.1) is 71.8 Å². The van der Waals surface area contributed by atoms with E-state index in [9.17, 15) is 0 Å². The molecule has 3 aromatic carbocycles. The van der Waals surface area contributed by atoms with Crippen LogP contribution >= 0.6 is 0 Å². The number of hydrogen-bond donors (Lipinski definition) is 0. The molecule has 5 aromatic rings. The normalized spacial score (nSPS) is 10.8. The van der Waals surface area contributed by atoms with Gasteiger partial charge in [0.1, 0.15) is 0 Å². The quantitative estimate of drug-likeness (QED) is 0.178. The molecule has 0 aliphatic carbocycles. The molecule has 0 saturated carbocycles. The summed E-state index contributed by atoms with van der Waals surface area (Å²) in [7, 11) is 0.803. The Morgan fingerprint density at radius 2 is 1.39 bits per heavy atom. The smallest absolute Gasteiger partial charge is 0.0795 e. The summed E-state index contributed by atoms with van der Waals surface area (Å²) < 4.78 is 2.10. The van der Waals surface area contributed by atoms with Crippen molar-refractivity contribution in [3.8, 4) is 22.6 Å². The maximum atomic E-state index is 4.61. The number of nitrogens with zero attached hydrogens (tertiary/aromatic N) is 3. The Labute approximate surface area is 210 Å². The molecule has 1 radical (unpaired) electrons. The van der Waals surface area contributed by atoms with Gasteiger partial charge in [-0.25, -0.2) is 0 Å². The third-order valence-corrected chi connectivity index (χ3v) is 7.38. The van der Waals surface area contributed by atoms with Gasteiger partial charge in [0.05, 0.1) is 24.9 Å². The molecule has 0 spiro atoms. The van der Waals surface area contributed by atoms with Crippen LogP contribution in [-0.2, 0) is 27.2 Å². The molecule has 169 valence electrons. The second-order valence-electron chi connectivity index (χ2n) is 8.72. The van der Waals surface area contributed by atoms with Gasteiger partial charge in [-0.05, 0) is 23.0 Å². The van der Waals surface area contributed by atoms with Crippen molar-refractivity contribution in [2.24, 2.45) is 7.05 Å². The van der Waals surface area contributed by atoms with E-state index in [2.05, 4.69) is 64.5 Å². The molecule has 0 aliphatic heterocycles. The van der Waals surface area contributed by atoms with Gasteiger partial charge in [0, 0.05) is 33.3 Å². The fraction of sp³-hybridized carbons (Fsp3) is 0.143. The average molecular weight is 626 g/mol. The average Bonchev–Trinajstić information content (AvgIpc) is 3.17. The van der Waals surface area contributed by atoms with Crippen molar-refractivity contribution >= 4 is 24.3 Å². The first kappa shape index (κ1) is 24.8. The van der Waals surface area contributed by atoms with Crippen molar-refractivity contribution in [1.82, 2.24) is 14.5 Å². The van der Waals surface area contributed by atoms with E-state index in [0.29, 0.717) is 0 Å². The molecular weight excluding hydrogens is 599 g/mol. The van der Waals surface area contributed by atoms with Crippen LogP contribution in [0.25, 0.3) is 33.7 Å². The minimum Gasteiger partial charge on any atom is -0.367 e. The number of aromatic nitrogens is 3. The van der Waals surface area contributed by atoms with Crippen LogP contribution in [0.15, 0.2) is 91.1 Å². The summed E-state index contributed by atoms with van der Waals surface area (Å²) in [6, 6.07) is 34.7. The molecule has 0 aliphatic rings. The molecule has 0 saturated heterocycles. The summed E-state index contributed by atoms with van der Waals surface area (Å²) in [5.74, 6) is 0.960. The Bertz CT molecular complexity index is 1290. The molecule has 5 heteroatoms. The third kappa shape index (κ3) is 5.94. The molecule has 2 aromatic heterocycles. The molecule has 0 N–H and O–H groups in total. The second kappa shape index (κ2) is 10.8. The number of hydrogen-bond acceptors (Lipinski definition) is 2. The van der Waals surface area contributed by atoms with E-state index in [1.807, 2.05) is 80.0 Å². The molecule has 2 heterocycles. The van der Waals surface area contributed by atoms with Gasteiger partial charge >= 0.3 is 0 Å². The summed E-state index contributed by atoms with van der Waals surface area (Å²) in [6.45, 7) is 7.00. The topological polar surface area (TPSA) is 30.7 Å². The van der Waals surface area contributed by atoms with Gasteiger partial charge in [0.2, 0.25) is 0 Å². The second-order valence-corrected chi connectivity index (χ2v) is 13.8. The van der Waals surface area contributed by atoms with Crippen LogP contribution in [-0.4, -0.2) is 22.6 Å². The summed E-state index contributed by atoms with van der Waals surface area (Å²) in [4.78, 5) is 9.13. The van der Waals surface area contributed by atoms with E-state index in [1.165, 1.54) is 5.19 Å². The van der Waals surface area contributed by atoms with Crippen LogP contribution < -0.4 is 5.19 Å². The molecule has 33 heavy (non-hydrogen) atoms. The van der Waals surface area contributed by atoms with E-state index in [0.717, 1.165) is 33.7 Å². The van der Waals surface area contributed by atoms with Crippen LogP contribution in [0.3, 0.4) is 0 Å². The summed E-state index contributed by atoms with van der Waals surface area (Å²) >= 11 is 0. The number of pyridine rings is 1. The maximum Gasteiger partial charge on any atom is 0.0795 e. The maximum absolute atomic E-state index is 4.61. The Morgan fingerprint density at radius 1 is 0.758 bits per heavy atom. The van der Waals surface area contributed by atoms with Crippen molar-refractivity contribution in [2.75, 3.05) is 0 Å². The Hall–Kier alpha value is -2.85. The molecule has 0 amide bonds. The third-order valence-electron chi connectivity index (χ3n) is 5.35. The molecule has 0 bridgehead atoms. The standard InChI is InChI=1S/C14H11N2.C14H16NSi.Ir/c1-16-13-10-6-5-9-12(13)15-14(16)11-7-3-2-4-8-11;1-16(2,3)13-9-10-14(15-11-13)12-7-5-4-6-8-12;/h2-7,9-10H,1H3;4-7,9-11H,1-3H3;/q2*-1;. The van der Waals surface area contributed by atoms with Gasteiger partial charge in [-0.1, -0.05) is 43.9 Å². The van der Waals surface area contributed by atoms with Crippen LogP contribution in [0.4, 0.5) is 0 Å². The zero-order valence-corrected chi connectivity index (χ0v) is 22.7. The summed E-state index contributed by atoms with van der Waals surface area (Å²) in [5, 5.41) is 1.40. The molecule has 0 fully saturated rings. The van der Waals surface area contributed by atoms with Crippen LogP contribution in [0.2, 0.25) is 19.6 Å². The van der Waals surface area contributed by atoms with Crippen molar-refractivity contribution in [1.29, 1.82) is 0 Å². The fourth-order valence-electron chi connectivity index (χ4n) is 3.47. The number of imidazole rings is 1. The number of para-hydroxylation sites is 2. The number of aryl methyl sites for hydroxylation is 1. The first-order chi connectivity index (χ1) is 15.4. The van der Waals surface area contributed by atoms with Gasteiger partial charge in [-0.2, -0.15) is 0 Å². The Kier molecular flexibility index (Phi) is 8.14. The van der Waals surface area contributed by atoms with Crippen molar-refractivity contribution in [2.45, 2.75) is 19.6 Å².